The second-order valence-electron chi connectivity index (χ2n) is 6.40. The zero-order valence-electron chi connectivity index (χ0n) is 13.1. The molecule has 6 nitrogen and oxygen atoms in total. The second-order valence-corrected chi connectivity index (χ2v) is 6.40. The standard InChI is InChI=1S/C15H27N3O3/c1-3-18-9-4-6-12(18)10-17(2)14(21)16-11-15(13(19)20)7-5-8-15/h12H,3-11H2,1-2H3,(H,16,21)(H,19,20). The van der Waals surface area contributed by atoms with Gasteiger partial charge in [0.2, 0.25) is 0 Å². The first-order valence-corrected chi connectivity index (χ1v) is 7.95. The summed E-state index contributed by atoms with van der Waals surface area (Å²) in [6, 6.07) is 0.272. The highest BCUT2D eigenvalue weighted by molar-refractivity contribution is 5.78. The Hall–Kier alpha value is -1.30. The van der Waals surface area contributed by atoms with E-state index in [9.17, 15) is 14.7 Å². The highest BCUT2D eigenvalue weighted by Gasteiger charge is 2.44. The molecule has 2 aliphatic rings. The molecule has 0 spiro atoms. The first-order chi connectivity index (χ1) is 9.98. The number of hydrogen-bond acceptors (Lipinski definition) is 3. The van der Waals surface area contributed by atoms with Crippen LogP contribution in [0.2, 0.25) is 0 Å². The molecule has 1 atom stereocenters. The van der Waals surface area contributed by atoms with Crippen molar-refractivity contribution in [2.24, 2.45) is 5.41 Å². The molecule has 0 aromatic heterocycles. The molecule has 2 amide bonds. The van der Waals surface area contributed by atoms with Gasteiger partial charge in [-0.25, -0.2) is 4.79 Å². The van der Waals surface area contributed by atoms with Crippen molar-refractivity contribution in [1.29, 1.82) is 0 Å². The van der Waals surface area contributed by atoms with Gasteiger partial charge in [-0.05, 0) is 38.8 Å². The van der Waals surface area contributed by atoms with Crippen molar-refractivity contribution in [2.75, 3.05) is 33.2 Å². The fraction of sp³-hybridized carbons (Fsp3) is 0.867. The van der Waals surface area contributed by atoms with Gasteiger partial charge in [0.25, 0.3) is 0 Å². The van der Waals surface area contributed by atoms with Crippen LogP contribution in [0.4, 0.5) is 4.79 Å². The van der Waals surface area contributed by atoms with Gasteiger partial charge in [-0.3, -0.25) is 9.69 Å². The number of likely N-dealkylation sites (tertiary alicyclic amines) is 1. The van der Waals surface area contributed by atoms with Crippen molar-refractivity contribution >= 4 is 12.0 Å². The first kappa shape index (κ1) is 16.1. The Labute approximate surface area is 126 Å². The highest BCUT2D eigenvalue weighted by Crippen LogP contribution is 2.40. The van der Waals surface area contributed by atoms with Crippen molar-refractivity contribution in [3.63, 3.8) is 0 Å². The maximum Gasteiger partial charge on any atom is 0.317 e. The van der Waals surface area contributed by atoms with Crippen LogP contribution in [-0.2, 0) is 4.79 Å². The number of nitrogens with one attached hydrogen (secondary N) is 1. The van der Waals surface area contributed by atoms with Crippen molar-refractivity contribution < 1.29 is 14.7 Å². The molecule has 1 saturated carbocycles. The third kappa shape index (κ3) is 3.48. The van der Waals surface area contributed by atoms with Crippen LogP contribution in [0.5, 0.6) is 0 Å². The van der Waals surface area contributed by atoms with Gasteiger partial charge in [-0.1, -0.05) is 13.3 Å². The molecular formula is C15H27N3O3. The summed E-state index contributed by atoms with van der Waals surface area (Å²) >= 11 is 0. The van der Waals surface area contributed by atoms with Gasteiger partial charge in [0.1, 0.15) is 0 Å². The highest BCUT2D eigenvalue weighted by atomic mass is 16.4. The number of urea groups is 1. The number of carboxylic acid groups (broad SMARTS) is 1. The number of aliphatic carboxylic acids is 1. The van der Waals surface area contributed by atoms with Gasteiger partial charge < -0.3 is 15.3 Å². The average Bonchev–Trinajstić information content (AvgIpc) is 2.83. The summed E-state index contributed by atoms with van der Waals surface area (Å²) < 4.78 is 0. The SMILES string of the molecule is CCN1CCCC1CN(C)C(=O)NCC1(C(=O)O)CCC1. The van der Waals surface area contributed by atoms with E-state index in [1.165, 1.54) is 6.42 Å². The Morgan fingerprint density at radius 2 is 2.10 bits per heavy atom. The van der Waals surface area contributed by atoms with Gasteiger partial charge in [0.05, 0.1) is 5.41 Å². The Morgan fingerprint density at radius 1 is 1.38 bits per heavy atom. The largest absolute Gasteiger partial charge is 0.481 e. The lowest BCUT2D eigenvalue weighted by atomic mass is 9.69. The number of amides is 2. The summed E-state index contributed by atoms with van der Waals surface area (Å²) in [5, 5.41) is 12.1. The summed E-state index contributed by atoms with van der Waals surface area (Å²) in [6.07, 6.45) is 4.59. The van der Waals surface area contributed by atoms with Crippen LogP contribution >= 0.6 is 0 Å². The van der Waals surface area contributed by atoms with E-state index in [0.29, 0.717) is 25.4 Å². The first-order valence-electron chi connectivity index (χ1n) is 7.95. The van der Waals surface area contributed by atoms with Gasteiger partial charge in [0, 0.05) is 26.2 Å². The van der Waals surface area contributed by atoms with Crippen LogP contribution in [-0.4, -0.2) is 66.2 Å². The maximum absolute atomic E-state index is 12.1. The number of carbonyl (C=O) groups excluding carboxylic acids is 1. The molecule has 2 N–H and O–H groups in total. The molecule has 2 fully saturated rings. The quantitative estimate of drug-likeness (QED) is 0.776. The smallest absolute Gasteiger partial charge is 0.317 e. The fourth-order valence-electron chi connectivity index (χ4n) is 3.37. The molecule has 0 aromatic carbocycles. The minimum atomic E-state index is -0.787. The van der Waals surface area contributed by atoms with Crippen LogP contribution in [0.1, 0.15) is 39.0 Å². The molecule has 1 aliphatic carbocycles. The van der Waals surface area contributed by atoms with E-state index in [-0.39, 0.29) is 12.6 Å². The van der Waals surface area contributed by atoms with E-state index in [4.69, 9.17) is 0 Å². The van der Waals surface area contributed by atoms with Crippen molar-refractivity contribution in [1.82, 2.24) is 15.1 Å². The lowest BCUT2D eigenvalue weighted by Crippen LogP contribution is -2.51. The topological polar surface area (TPSA) is 72.9 Å². The summed E-state index contributed by atoms with van der Waals surface area (Å²) in [6.45, 7) is 5.22. The molecule has 1 unspecified atom stereocenters. The summed E-state index contributed by atoms with van der Waals surface area (Å²) in [5.74, 6) is -0.787. The molecule has 1 heterocycles. The lowest BCUT2D eigenvalue weighted by Gasteiger charge is -2.38. The summed E-state index contributed by atoms with van der Waals surface area (Å²) in [4.78, 5) is 27.5. The Kier molecular flexibility index (Phi) is 5.08. The zero-order valence-corrected chi connectivity index (χ0v) is 13.1. The monoisotopic (exact) mass is 297 g/mol. The van der Waals surface area contributed by atoms with Crippen LogP contribution < -0.4 is 5.32 Å². The molecule has 1 aliphatic heterocycles. The third-order valence-electron chi connectivity index (χ3n) is 5.08. The lowest BCUT2D eigenvalue weighted by molar-refractivity contribution is -0.153. The van der Waals surface area contributed by atoms with E-state index >= 15 is 0 Å². The van der Waals surface area contributed by atoms with Gasteiger partial charge in [0.15, 0.2) is 0 Å². The number of carboxylic acids is 1. The molecular weight excluding hydrogens is 270 g/mol. The number of likely N-dealkylation sites (N-methyl/N-ethyl adjacent to an activating group) is 2. The van der Waals surface area contributed by atoms with Gasteiger partial charge >= 0.3 is 12.0 Å². The summed E-state index contributed by atoms with van der Waals surface area (Å²) in [5.41, 5.74) is -0.723. The van der Waals surface area contributed by atoms with Crippen molar-refractivity contribution in [2.45, 2.75) is 45.1 Å². The number of nitrogens with zero attached hydrogens (tertiary/aromatic N) is 2. The van der Waals surface area contributed by atoms with E-state index in [0.717, 1.165) is 25.9 Å². The molecule has 120 valence electrons. The normalized spacial score (nSPS) is 24.4. The molecule has 0 bridgehead atoms. The van der Waals surface area contributed by atoms with E-state index in [2.05, 4.69) is 17.1 Å². The average molecular weight is 297 g/mol. The molecule has 0 radical (unpaired) electrons. The molecule has 21 heavy (non-hydrogen) atoms. The predicted molar refractivity (Wildman–Crippen MR) is 80.2 cm³/mol. The Balaban J connectivity index is 1.78. The molecule has 6 heteroatoms. The fourth-order valence-corrected chi connectivity index (χ4v) is 3.37. The van der Waals surface area contributed by atoms with Crippen LogP contribution in [0.3, 0.4) is 0 Å². The number of carbonyl (C=O) groups is 2. The van der Waals surface area contributed by atoms with Crippen molar-refractivity contribution in [3.8, 4) is 0 Å². The molecule has 0 aromatic rings. The zero-order chi connectivity index (χ0) is 15.5. The van der Waals surface area contributed by atoms with E-state index in [1.54, 1.807) is 11.9 Å². The maximum atomic E-state index is 12.1. The van der Waals surface area contributed by atoms with Crippen LogP contribution in [0, 0.1) is 5.41 Å². The third-order valence-corrected chi connectivity index (χ3v) is 5.08. The second kappa shape index (κ2) is 6.64. The molecule has 1 saturated heterocycles. The molecule has 2 rings (SSSR count). The van der Waals surface area contributed by atoms with E-state index in [1.807, 2.05) is 0 Å². The number of hydrogen-bond donors (Lipinski definition) is 2. The minimum Gasteiger partial charge on any atom is -0.481 e. The number of rotatable bonds is 6. The predicted octanol–water partition coefficient (Wildman–Crippen LogP) is 1.37. The van der Waals surface area contributed by atoms with Crippen molar-refractivity contribution in [3.05, 3.63) is 0 Å². The minimum absolute atomic E-state index is 0.162. The Bertz CT molecular complexity index is 396. The Morgan fingerprint density at radius 3 is 2.62 bits per heavy atom. The van der Waals surface area contributed by atoms with Gasteiger partial charge in [-0.15, -0.1) is 0 Å². The van der Waals surface area contributed by atoms with Crippen LogP contribution in [0.25, 0.3) is 0 Å². The van der Waals surface area contributed by atoms with E-state index < -0.39 is 11.4 Å². The van der Waals surface area contributed by atoms with Gasteiger partial charge in [-0.2, -0.15) is 0 Å². The summed E-state index contributed by atoms with van der Waals surface area (Å²) in [7, 11) is 1.79. The van der Waals surface area contributed by atoms with Crippen LogP contribution in [0.15, 0.2) is 0 Å².